The van der Waals surface area contributed by atoms with Crippen molar-refractivity contribution in [2.24, 2.45) is 0 Å². The van der Waals surface area contributed by atoms with E-state index < -0.39 is 15.9 Å². The first-order valence-corrected chi connectivity index (χ1v) is 8.77. The van der Waals surface area contributed by atoms with Gasteiger partial charge in [0, 0.05) is 31.1 Å². The highest BCUT2D eigenvalue weighted by molar-refractivity contribution is 7.89. The molecule has 0 aliphatic rings. The van der Waals surface area contributed by atoms with E-state index in [0.717, 1.165) is 4.31 Å². The molecule has 0 aliphatic heterocycles. The van der Waals surface area contributed by atoms with Gasteiger partial charge in [0.15, 0.2) is 0 Å². The summed E-state index contributed by atoms with van der Waals surface area (Å²) in [7, 11) is -0.733. The van der Waals surface area contributed by atoms with Gasteiger partial charge in [0.2, 0.25) is 15.9 Å². The van der Waals surface area contributed by atoms with E-state index in [2.05, 4.69) is 10.5 Å². The number of aromatic nitrogens is 1. The molecule has 7 nitrogen and oxygen atoms in total. The SMILES string of the molecule is CN(C)S(=O)(=O)c1cccc(C(=O)Nc2cc(C(C)(C)C)no2)c1. The van der Waals surface area contributed by atoms with E-state index in [1.165, 1.54) is 38.4 Å². The Labute approximate surface area is 141 Å². The lowest BCUT2D eigenvalue weighted by molar-refractivity contribution is 0.102. The Balaban J connectivity index is 2.24. The van der Waals surface area contributed by atoms with Crippen LogP contribution in [-0.4, -0.2) is 37.9 Å². The summed E-state index contributed by atoms with van der Waals surface area (Å²) in [5.41, 5.74) is 0.722. The lowest BCUT2D eigenvalue weighted by Crippen LogP contribution is -2.22. The number of nitrogens with one attached hydrogen (secondary N) is 1. The Morgan fingerprint density at radius 2 is 1.88 bits per heavy atom. The minimum atomic E-state index is -3.60. The number of hydrogen-bond acceptors (Lipinski definition) is 5. The summed E-state index contributed by atoms with van der Waals surface area (Å²) in [5.74, 6) is -0.256. The summed E-state index contributed by atoms with van der Waals surface area (Å²) in [6.45, 7) is 5.93. The number of benzene rings is 1. The van der Waals surface area contributed by atoms with Crippen LogP contribution in [0, 0.1) is 0 Å². The number of sulfonamides is 1. The van der Waals surface area contributed by atoms with E-state index in [9.17, 15) is 13.2 Å². The maximum absolute atomic E-state index is 12.3. The van der Waals surface area contributed by atoms with Crippen LogP contribution in [-0.2, 0) is 15.4 Å². The molecular weight excluding hydrogens is 330 g/mol. The lowest BCUT2D eigenvalue weighted by atomic mass is 9.92. The topological polar surface area (TPSA) is 92.5 Å². The van der Waals surface area contributed by atoms with Gasteiger partial charge in [-0.3, -0.25) is 10.1 Å². The summed E-state index contributed by atoms with van der Waals surface area (Å²) >= 11 is 0. The molecule has 8 heteroatoms. The Hall–Kier alpha value is -2.19. The summed E-state index contributed by atoms with van der Waals surface area (Å²) < 4.78 is 30.5. The molecule has 2 aromatic rings. The van der Waals surface area contributed by atoms with Crippen molar-refractivity contribution >= 4 is 21.8 Å². The molecule has 1 N–H and O–H groups in total. The van der Waals surface area contributed by atoms with Crippen LogP contribution in [0.2, 0.25) is 0 Å². The van der Waals surface area contributed by atoms with Gasteiger partial charge in [-0.15, -0.1) is 0 Å². The molecule has 0 unspecified atom stereocenters. The van der Waals surface area contributed by atoms with E-state index in [-0.39, 0.29) is 21.8 Å². The van der Waals surface area contributed by atoms with Crippen LogP contribution in [0.3, 0.4) is 0 Å². The number of carbonyl (C=O) groups is 1. The van der Waals surface area contributed by atoms with Crippen LogP contribution in [0.4, 0.5) is 5.88 Å². The van der Waals surface area contributed by atoms with Gasteiger partial charge < -0.3 is 4.52 Å². The van der Waals surface area contributed by atoms with E-state index in [4.69, 9.17) is 4.52 Å². The fourth-order valence-corrected chi connectivity index (χ4v) is 2.83. The second-order valence-corrected chi connectivity index (χ2v) is 8.75. The monoisotopic (exact) mass is 351 g/mol. The van der Waals surface area contributed by atoms with Crippen molar-refractivity contribution in [3.05, 3.63) is 41.6 Å². The zero-order valence-electron chi connectivity index (χ0n) is 14.3. The van der Waals surface area contributed by atoms with Crippen molar-refractivity contribution in [3.63, 3.8) is 0 Å². The first-order valence-electron chi connectivity index (χ1n) is 7.33. The first-order chi connectivity index (χ1) is 11.0. The molecule has 0 saturated carbocycles. The van der Waals surface area contributed by atoms with Gasteiger partial charge >= 0.3 is 0 Å². The number of rotatable bonds is 4. The Morgan fingerprint density at radius 3 is 2.42 bits per heavy atom. The van der Waals surface area contributed by atoms with Crippen LogP contribution >= 0.6 is 0 Å². The lowest BCUT2D eigenvalue weighted by Gasteiger charge is -2.12. The van der Waals surface area contributed by atoms with E-state index >= 15 is 0 Å². The summed E-state index contributed by atoms with van der Waals surface area (Å²) in [6.07, 6.45) is 0. The molecule has 0 aliphatic carbocycles. The zero-order valence-corrected chi connectivity index (χ0v) is 15.1. The normalized spacial score (nSPS) is 12.4. The van der Waals surface area contributed by atoms with Crippen LogP contribution in [0.1, 0.15) is 36.8 Å². The number of anilines is 1. The number of carbonyl (C=O) groups excluding carboxylic acids is 1. The summed E-state index contributed by atoms with van der Waals surface area (Å²) in [6, 6.07) is 7.47. The van der Waals surface area contributed by atoms with Crippen molar-refractivity contribution in [1.29, 1.82) is 0 Å². The van der Waals surface area contributed by atoms with E-state index in [0.29, 0.717) is 5.69 Å². The van der Waals surface area contributed by atoms with Crippen molar-refractivity contribution in [2.45, 2.75) is 31.1 Å². The molecule has 2 rings (SSSR count). The Bertz CT molecular complexity index is 848. The highest BCUT2D eigenvalue weighted by atomic mass is 32.2. The standard InChI is InChI=1S/C16H21N3O4S/c1-16(2,3)13-10-14(23-18-13)17-15(20)11-7-6-8-12(9-11)24(21,22)19(4)5/h6-10H,1-5H3,(H,17,20). The van der Waals surface area contributed by atoms with Crippen molar-refractivity contribution < 1.29 is 17.7 Å². The minimum Gasteiger partial charge on any atom is -0.338 e. The maximum Gasteiger partial charge on any atom is 0.258 e. The molecule has 0 atom stereocenters. The smallest absolute Gasteiger partial charge is 0.258 e. The van der Waals surface area contributed by atoms with Crippen LogP contribution in [0.15, 0.2) is 39.8 Å². The van der Waals surface area contributed by atoms with Crippen molar-refractivity contribution in [1.82, 2.24) is 9.46 Å². The van der Waals surface area contributed by atoms with Gasteiger partial charge in [-0.05, 0) is 18.2 Å². The van der Waals surface area contributed by atoms with Crippen LogP contribution in [0.5, 0.6) is 0 Å². The molecule has 130 valence electrons. The van der Waals surface area contributed by atoms with Crippen molar-refractivity contribution in [2.75, 3.05) is 19.4 Å². The molecule has 1 aromatic heterocycles. The molecule has 24 heavy (non-hydrogen) atoms. The van der Waals surface area contributed by atoms with E-state index in [1.807, 2.05) is 20.8 Å². The van der Waals surface area contributed by atoms with Gasteiger partial charge in [0.1, 0.15) is 0 Å². The largest absolute Gasteiger partial charge is 0.338 e. The fraction of sp³-hybridized carbons (Fsp3) is 0.375. The average Bonchev–Trinajstić information content (AvgIpc) is 2.96. The van der Waals surface area contributed by atoms with Gasteiger partial charge in [-0.2, -0.15) is 0 Å². The molecule has 0 bridgehead atoms. The van der Waals surface area contributed by atoms with Gasteiger partial charge in [-0.25, -0.2) is 12.7 Å². The first kappa shape index (κ1) is 18.2. The van der Waals surface area contributed by atoms with E-state index in [1.54, 1.807) is 6.07 Å². The second kappa shape index (κ2) is 6.37. The Morgan fingerprint density at radius 1 is 1.21 bits per heavy atom. The van der Waals surface area contributed by atoms with Gasteiger partial charge in [0.25, 0.3) is 5.91 Å². The highest BCUT2D eigenvalue weighted by Crippen LogP contribution is 2.24. The minimum absolute atomic E-state index is 0.0492. The number of hydrogen-bond donors (Lipinski definition) is 1. The third kappa shape index (κ3) is 3.82. The summed E-state index contributed by atoms with van der Waals surface area (Å²) in [5, 5.41) is 6.50. The Kier molecular flexibility index (Phi) is 4.82. The van der Waals surface area contributed by atoms with Crippen LogP contribution in [0.25, 0.3) is 0 Å². The third-order valence-corrected chi connectivity index (χ3v) is 5.20. The molecule has 1 heterocycles. The number of nitrogens with zero attached hydrogens (tertiary/aromatic N) is 2. The molecule has 0 spiro atoms. The molecule has 0 fully saturated rings. The quantitative estimate of drug-likeness (QED) is 0.913. The second-order valence-electron chi connectivity index (χ2n) is 6.60. The molecular formula is C16H21N3O4S. The molecule has 0 radical (unpaired) electrons. The summed E-state index contributed by atoms with van der Waals surface area (Å²) in [4.78, 5) is 12.4. The maximum atomic E-state index is 12.3. The predicted octanol–water partition coefficient (Wildman–Crippen LogP) is 2.47. The molecule has 0 saturated heterocycles. The molecule has 1 aromatic carbocycles. The van der Waals surface area contributed by atoms with Crippen molar-refractivity contribution in [3.8, 4) is 0 Å². The fourth-order valence-electron chi connectivity index (χ4n) is 1.88. The van der Waals surface area contributed by atoms with Gasteiger partial charge in [0.05, 0.1) is 10.6 Å². The number of amides is 1. The van der Waals surface area contributed by atoms with Gasteiger partial charge in [-0.1, -0.05) is 32.0 Å². The average molecular weight is 351 g/mol. The zero-order chi connectivity index (χ0) is 18.1. The molecule has 1 amide bonds. The highest BCUT2D eigenvalue weighted by Gasteiger charge is 2.21. The predicted molar refractivity (Wildman–Crippen MR) is 90.5 cm³/mol. The third-order valence-electron chi connectivity index (χ3n) is 3.39. The van der Waals surface area contributed by atoms with Crippen LogP contribution < -0.4 is 5.32 Å².